The van der Waals surface area contributed by atoms with E-state index < -0.39 is 0 Å². The van der Waals surface area contributed by atoms with Crippen LogP contribution in [0.3, 0.4) is 0 Å². The average Bonchev–Trinajstić information content (AvgIpc) is 2.54. The molecule has 76 valence electrons. The second kappa shape index (κ2) is 5.67. The number of nitrogens with two attached hydrogens (primary N) is 1. The summed E-state index contributed by atoms with van der Waals surface area (Å²) < 4.78 is 0. The average molecular weight is 219 g/mol. The Balaban J connectivity index is 2.34. The Morgan fingerprint density at radius 3 is 3.00 bits per heavy atom. The first-order valence-corrected chi connectivity index (χ1v) is 6.12. The molecule has 0 aromatic rings. The van der Waals surface area contributed by atoms with Crippen LogP contribution in [-0.2, 0) is 0 Å². The van der Waals surface area contributed by atoms with Crippen molar-refractivity contribution < 1.29 is 0 Å². The quantitative estimate of drug-likeness (QED) is 0.375. The van der Waals surface area contributed by atoms with Gasteiger partial charge in [-0.2, -0.15) is 11.8 Å². The van der Waals surface area contributed by atoms with Crippen molar-refractivity contribution in [1.29, 1.82) is 0 Å². The van der Waals surface area contributed by atoms with Gasteiger partial charge in [-0.1, -0.05) is 13.3 Å². The highest BCUT2D eigenvalue weighted by molar-refractivity contribution is 7.99. The lowest BCUT2D eigenvalue weighted by molar-refractivity contribution is 0.634. The Hall–Kier alpha value is -0.0000000000000000486. The monoisotopic (exact) mass is 219 g/mol. The summed E-state index contributed by atoms with van der Waals surface area (Å²) in [6.07, 6.45) is 3.80. The van der Waals surface area contributed by atoms with Gasteiger partial charge in [-0.25, -0.2) is 5.84 Å². The van der Waals surface area contributed by atoms with E-state index in [1.807, 2.05) is 11.8 Å². The molecule has 2 unspecified atom stereocenters. The minimum Gasteiger partial charge on any atom is -0.358 e. The molecule has 1 saturated carbocycles. The van der Waals surface area contributed by atoms with Crippen LogP contribution in [0.15, 0.2) is 0 Å². The third-order valence-corrected chi connectivity index (χ3v) is 3.84. The summed E-state index contributed by atoms with van der Waals surface area (Å²) in [5, 5.41) is 4.51. The Bertz CT molecular complexity index is 175. The minimum absolute atomic E-state index is 0.508. The molecule has 2 atom stereocenters. The highest BCUT2D eigenvalue weighted by atomic mass is 32.2. The molecule has 0 saturated heterocycles. The van der Waals surface area contributed by atoms with E-state index in [0.29, 0.717) is 16.4 Å². The number of hydrogen-bond donors (Lipinski definition) is 3. The van der Waals surface area contributed by atoms with Crippen LogP contribution in [0.5, 0.6) is 0 Å². The van der Waals surface area contributed by atoms with Crippen molar-refractivity contribution in [2.75, 3.05) is 5.75 Å². The van der Waals surface area contributed by atoms with Crippen molar-refractivity contribution in [2.24, 2.45) is 5.84 Å². The highest BCUT2D eigenvalue weighted by Crippen LogP contribution is 2.29. The summed E-state index contributed by atoms with van der Waals surface area (Å²) in [7, 11) is 0. The largest absolute Gasteiger partial charge is 0.358 e. The Morgan fingerprint density at radius 1 is 1.62 bits per heavy atom. The van der Waals surface area contributed by atoms with Crippen LogP contribution >= 0.6 is 24.0 Å². The van der Waals surface area contributed by atoms with Gasteiger partial charge in [-0.05, 0) is 30.8 Å². The van der Waals surface area contributed by atoms with Crippen LogP contribution in [0.1, 0.15) is 26.2 Å². The molecule has 1 aliphatic carbocycles. The number of nitrogens with one attached hydrogen (secondary N) is 2. The predicted octanol–water partition coefficient (Wildman–Crippen LogP) is 0.998. The third kappa shape index (κ3) is 3.32. The normalized spacial score (nSPS) is 27.2. The molecule has 0 aromatic heterocycles. The van der Waals surface area contributed by atoms with Crippen molar-refractivity contribution in [1.82, 2.24) is 10.7 Å². The van der Waals surface area contributed by atoms with Crippen LogP contribution in [0, 0.1) is 0 Å². The smallest absolute Gasteiger partial charge is 0.180 e. The van der Waals surface area contributed by atoms with E-state index in [-0.39, 0.29) is 0 Å². The molecule has 1 rings (SSSR count). The Kier molecular flexibility index (Phi) is 4.83. The van der Waals surface area contributed by atoms with Gasteiger partial charge in [0.1, 0.15) is 0 Å². The van der Waals surface area contributed by atoms with Crippen molar-refractivity contribution in [3.05, 3.63) is 0 Å². The fourth-order valence-corrected chi connectivity index (χ4v) is 3.06. The first-order valence-electron chi connectivity index (χ1n) is 4.66. The Labute approximate surface area is 89.2 Å². The van der Waals surface area contributed by atoms with E-state index in [1.165, 1.54) is 25.0 Å². The molecule has 4 N–H and O–H groups in total. The van der Waals surface area contributed by atoms with Crippen LogP contribution in [-0.4, -0.2) is 22.2 Å². The zero-order valence-electron chi connectivity index (χ0n) is 7.88. The van der Waals surface area contributed by atoms with Gasteiger partial charge < -0.3 is 10.7 Å². The molecule has 1 fully saturated rings. The number of rotatable bonds is 3. The summed E-state index contributed by atoms with van der Waals surface area (Å²) in [6.45, 7) is 2.19. The summed E-state index contributed by atoms with van der Waals surface area (Å²) >= 11 is 6.98. The van der Waals surface area contributed by atoms with E-state index >= 15 is 0 Å². The molecule has 0 heterocycles. The van der Waals surface area contributed by atoms with Gasteiger partial charge in [-0.15, -0.1) is 0 Å². The molecule has 0 aromatic carbocycles. The number of hydrazine groups is 1. The number of hydrogen-bond acceptors (Lipinski definition) is 3. The van der Waals surface area contributed by atoms with E-state index in [4.69, 9.17) is 18.1 Å². The lowest BCUT2D eigenvalue weighted by Gasteiger charge is -2.20. The standard InChI is InChI=1S/C8H17N3S2/c1-2-13-7-5-3-4-6(7)10-8(12)11-9/h6-7H,2-5,9H2,1H3,(H2,10,11,12). The zero-order valence-corrected chi connectivity index (χ0v) is 9.51. The van der Waals surface area contributed by atoms with Crippen molar-refractivity contribution in [2.45, 2.75) is 37.5 Å². The maximum atomic E-state index is 5.21. The van der Waals surface area contributed by atoms with E-state index in [9.17, 15) is 0 Å². The molecule has 0 spiro atoms. The van der Waals surface area contributed by atoms with E-state index in [2.05, 4.69) is 17.7 Å². The molecule has 3 nitrogen and oxygen atoms in total. The van der Waals surface area contributed by atoms with Gasteiger partial charge >= 0.3 is 0 Å². The van der Waals surface area contributed by atoms with Gasteiger partial charge in [0.15, 0.2) is 5.11 Å². The maximum Gasteiger partial charge on any atom is 0.180 e. The molecule has 0 aliphatic heterocycles. The zero-order chi connectivity index (χ0) is 9.68. The first-order chi connectivity index (χ1) is 6.27. The molecule has 0 bridgehead atoms. The lowest BCUT2D eigenvalue weighted by atomic mass is 10.2. The second-order valence-corrected chi connectivity index (χ2v) is 5.07. The van der Waals surface area contributed by atoms with Gasteiger partial charge in [0.2, 0.25) is 0 Å². The molecule has 13 heavy (non-hydrogen) atoms. The lowest BCUT2D eigenvalue weighted by Crippen LogP contribution is -2.46. The van der Waals surface area contributed by atoms with E-state index in [1.54, 1.807) is 0 Å². The van der Waals surface area contributed by atoms with Crippen LogP contribution in [0.4, 0.5) is 0 Å². The van der Waals surface area contributed by atoms with Gasteiger partial charge in [-0.3, -0.25) is 0 Å². The van der Waals surface area contributed by atoms with Gasteiger partial charge in [0, 0.05) is 11.3 Å². The maximum absolute atomic E-state index is 5.21. The third-order valence-electron chi connectivity index (χ3n) is 2.28. The first kappa shape index (κ1) is 11.1. The van der Waals surface area contributed by atoms with Crippen molar-refractivity contribution in [3.8, 4) is 0 Å². The summed E-state index contributed by atoms with van der Waals surface area (Å²) in [5.41, 5.74) is 2.47. The Morgan fingerprint density at radius 2 is 2.38 bits per heavy atom. The molecule has 1 aliphatic rings. The SMILES string of the molecule is CCSC1CCCC1NC(=S)NN. The molecular weight excluding hydrogens is 202 g/mol. The summed E-state index contributed by atoms with van der Waals surface area (Å²) in [5.74, 6) is 6.38. The molecule has 5 heteroatoms. The van der Waals surface area contributed by atoms with Crippen LogP contribution in [0.25, 0.3) is 0 Å². The molecular formula is C8H17N3S2. The van der Waals surface area contributed by atoms with Crippen molar-refractivity contribution >= 4 is 29.1 Å². The topological polar surface area (TPSA) is 50.1 Å². The minimum atomic E-state index is 0.508. The predicted molar refractivity (Wildman–Crippen MR) is 62.6 cm³/mol. The fraction of sp³-hybridized carbons (Fsp3) is 0.875. The van der Waals surface area contributed by atoms with Crippen LogP contribution < -0.4 is 16.6 Å². The van der Waals surface area contributed by atoms with Gasteiger partial charge in [0.05, 0.1) is 0 Å². The summed E-state index contributed by atoms with van der Waals surface area (Å²) in [6, 6.07) is 0.508. The fourth-order valence-electron chi connectivity index (χ4n) is 1.71. The van der Waals surface area contributed by atoms with Crippen molar-refractivity contribution in [3.63, 3.8) is 0 Å². The van der Waals surface area contributed by atoms with Gasteiger partial charge in [0.25, 0.3) is 0 Å². The van der Waals surface area contributed by atoms with Crippen LogP contribution in [0.2, 0.25) is 0 Å². The molecule has 0 radical (unpaired) electrons. The molecule has 0 amide bonds. The number of thioether (sulfide) groups is 1. The van der Waals surface area contributed by atoms with E-state index in [0.717, 1.165) is 0 Å². The summed E-state index contributed by atoms with van der Waals surface area (Å²) in [4.78, 5) is 0. The highest BCUT2D eigenvalue weighted by Gasteiger charge is 2.27. The number of thiocarbonyl (C=S) groups is 1. The second-order valence-electron chi connectivity index (χ2n) is 3.15.